The van der Waals surface area contributed by atoms with Crippen LogP contribution in [0.1, 0.15) is 43.5 Å². The van der Waals surface area contributed by atoms with E-state index in [1.165, 1.54) is 6.08 Å². The molecule has 0 radical (unpaired) electrons. The van der Waals surface area contributed by atoms with E-state index in [9.17, 15) is 9.59 Å². The number of carbonyl (C=O) groups is 1. The number of nitrogens with zero attached hydrogens (tertiary/aromatic N) is 6. The number of hydrogen-bond acceptors (Lipinski definition) is 7. The van der Waals surface area contributed by atoms with Gasteiger partial charge in [-0.25, -0.2) is 9.18 Å². The van der Waals surface area contributed by atoms with Gasteiger partial charge in [0.2, 0.25) is 5.91 Å². The first-order valence-electron chi connectivity index (χ1n) is 15.1. The van der Waals surface area contributed by atoms with Crippen LogP contribution in [0.4, 0.5) is 10.2 Å². The third kappa shape index (κ3) is 4.32. The molecule has 2 unspecified atom stereocenters. The number of benzene rings is 2. The van der Waals surface area contributed by atoms with Crippen LogP contribution in [0.15, 0.2) is 54.1 Å². The van der Waals surface area contributed by atoms with Crippen LogP contribution in [0, 0.1) is 19.7 Å². The number of hydrogen-bond donors (Lipinski definition) is 1. The molecule has 10 nitrogen and oxygen atoms in total. The second kappa shape index (κ2) is 10.5. The first kappa shape index (κ1) is 28.7. The molecule has 1 N–H and O–H groups in total. The topological polar surface area (TPSA) is 109 Å². The van der Waals surface area contributed by atoms with Crippen molar-refractivity contribution in [1.82, 2.24) is 29.6 Å². The van der Waals surface area contributed by atoms with Gasteiger partial charge in [0.05, 0.1) is 40.0 Å². The lowest BCUT2D eigenvalue weighted by molar-refractivity contribution is -0.129. The lowest BCUT2D eigenvalue weighted by atomic mass is 9.94. The zero-order valence-electron chi connectivity index (χ0n) is 25.9. The fraction of sp³-hybridized carbons (Fsp3) is 0.324. The molecule has 0 bridgehead atoms. The number of aromatic amines is 1. The molecule has 2 aliphatic rings. The van der Waals surface area contributed by atoms with Crippen molar-refractivity contribution >= 4 is 33.5 Å². The SMILES string of the molecule is C=CC(=O)N1CC2COc3c(F)c(-c4c(C)ccc5[nH]ncc45)cc4c3c(nc(=O)n4-c3c(C)ccnc3C(C)C)N2CC1C. The quantitative estimate of drug-likeness (QED) is 0.280. The van der Waals surface area contributed by atoms with E-state index in [1.807, 2.05) is 57.7 Å². The second-order valence-electron chi connectivity index (χ2n) is 12.3. The molecule has 11 heteroatoms. The first-order chi connectivity index (χ1) is 21.6. The maximum absolute atomic E-state index is 17.1. The fourth-order valence-corrected chi connectivity index (χ4v) is 6.87. The Morgan fingerprint density at radius 2 is 2.00 bits per heavy atom. The van der Waals surface area contributed by atoms with Crippen LogP contribution in [0.25, 0.3) is 38.6 Å². The minimum atomic E-state index is -0.550. The first-order valence-corrected chi connectivity index (χ1v) is 15.1. The van der Waals surface area contributed by atoms with Crippen LogP contribution < -0.4 is 15.3 Å². The Balaban J connectivity index is 1.59. The predicted molar refractivity (Wildman–Crippen MR) is 172 cm³/mol. The Morgan fingerprint density at radius 3 is 2.76 bits per heavy atom. The average molecular weight is 608 g/mol. The Morgan fingerprint density at radius 1 is 1.20 bits per heavy atom. The number of halogens is 1. The summed E-state index contributed by atoms with van der Waals surface area (Å²) in [7, 11) is 0. The molecule has 0 saturated carbocycles. The largest absolute Gasteiger partial charge is 0.487 e. The summed E-state index contributed by atoms with van der Waals surface area (Å²) in [5.74, 6) is -0.377. The standard InChI is InChI=1S/C34H34FN7O3/c1-7-26(43)40-15-21-16-45-32-28-25(12-22(29(32)35)27-18(4)8-9-24-23(27)13-37-39-24)42(31-19(5)10-11-36-30(31)17(2)3)34(44)38-33(28)41(21)14-20(40)6/h7-13,17,20-21H,1,14-16H2,2-6H3,(H,37,39). The average Bonchev–Trinajstić information content (AvgIpc) is 3.43. The highest BCUT2D eigenvalue weighted by Gasteiger charge is 2.39. The number of piperazine rings is 1. The Hall–Kier alpha value is -5.06. The molecular formula is C34H34FN7O3. The summed E-state index contributed by atoms with van der Waals surface area (Å²) < 4.78 is 25.0. The fourth-order valence-electron chi connectivity index (χ4n) is 6.87. The molecule has 2 atom stereocenters. The minimum Gasteiger partial charge on any atom is -0.487 e. The van der Waals surface area contributed by atoms with Crippen molar-refractivity contribution in [1.29, 1.82) is 0 Å². The van der Waals surface area contributed by atoms with E-state index < -0.39 is 11.5 Å². The van der Waals surface area contributed by atoms with E-state index in [4.69, 9.17) is 4.74 Å². The summed E-state index contributed by atoms with van der Waals surface area (Å²) in [6, 6.07) is 6.85. The number of pyridine rings is 1. The van der Waals surface area contributed by atoms with Crippen molar-refractivity contribution in [3.8, 4) is 22.6 Å². The Bertz CT molecular complexity index is 2100. The number of aromatic nitrogens is 5. The predicted octanol–water partition coefficient (Wildman–Crippen LogP) is 5.19. The molecular weight excluding hydrogens is 573 g/mol. The number of amides is 1. The van der Waals surface area contributed by atoms with Gasteiger partial charge in [0.25, 0.3) is 0 Å². The van der Waals surface area contributed by atoms with Crippen molar-refractivity contribution in [3.63, 3.8) is 0 Å². The van der Waals surface area contributed by atoms with Gasteiger partial charge in [-0.05, 0) is 67.7 Å². The number of ether oxygens (including phenoxy) is 1. The number of H-pyrrole nitrogens is 1. The van der Waals surface area contributed by atoms with Gasteiger partial charge in [-0.3, -0.25) is 19.4 Å². The van der Waals surface area contributed by atoms with E-state index in [-0.39, 0.29) is 41.8 Å². The molecule has 3 aromatic heterocycles. The molecule has 2 aliphatic heterocycles. The molecule has 230 valence electrons. The summed E-state index contributed by atoms with van der Waals surface area (Å²) in [6.45, 7) is 14.3. The van der Waals surface area contributed by atoms with Crippen molar-refractivity contribution in [3.05, 3.63) is 82.4 Å². The van der Waals surface area contributed by atoms with Crippen LogP contribution in [0.2, 0.25) is 0 Å². The molecule has 1 amide bonds. The molecule has 0 aliphatic carbocycles. The normalized spacial score (nSPS) is 17.8. The number of nitrogens with one attached hydrogen (secondary N) is 1. The van der Waals surface area contributed by atoms with Crippen molar-refractivity contribution in [2.45, 2.75) is 52.6 Å². The van der Waals surface area contributed by atoms with E-state index in [2.05, 4.69) is 26.7 Å². The van der Waals surface area contributed by atoms with E-state index in [1.54, 1.807) is 27.9 Å². The zero-order valence-corrected chi connectivity index (χ0v) is 25.9. The summed E-state index contributed by atoms with van der Waals surface area (Å²) >= 11 is 0. The van der Waals surface area contributed by atoms with Crippen LogP contribution >= 0.6 is 0 Å². The van der Waals surface area contributed by atoms with Gasteiger partial charge in [0, 0.05) is 36.3 Å². The number of carbonyl (C=O) groups excluding carboxylic acids is 1. The number of aryl methyl sites for hydroxylation is 2. The lowest BCUT2D eigenvalue weighted by Crippen LogP contribution is -2.60. The number of fused-ring (bicyclic) bond motifs is 3. The molecule has 5 aromatic rings. The van der Waals surface area contributed by atoms with E-state index in [0.717, 1.165) is 27.7 Å². The van der Waals surface area contributed by atoms with Crippen LogP contribution in [-0.2, 0) is 4.79 Å². The molecule has 1 saturated heterocycles. The Kier molecular flexibility index (Phi) is 6.72. The minimum absolute atomic E-state index is 0.00419. The number of rotatable bonds is 4. The zero-order chi connectivity index (χ0) is 31.7. The third-order valence-corrected chi connectivity index (χ3v) is 9.08. The van der Waals surface area contributed by atoms with Crippen molar-refractivity contribution < 1.29 is 13.9 Å². The highest BCUT2D eigenvalue weighted by atomic mass is 19.1. The maximum Gasteiger partial charge on any atom is 0.354 e. The molecule has 45 heavy (non-hydrogen) atoms. The smallest absolute Gasteiger partial charge is 0.354 e. The second-order valence-corrected chi connectivity index (χ2v) is 12.3. The van der Waals surface area contributed by atoms with Gasteiger partial charge < -0.3 is 14.5 Å². The van der Waals surface area contributed by atoms with Crippen LogP contribution in [-0.4, -0.2) is 67.3 Å². The summed E-state index contributed by atoms with van der Waals surface area (Å²) in [5, 5.41) is 8.35. The van der Waals surface area contributed by atoms with E-state index >= 15 is 4.39 Å². The van der Waals surface area contributed by atoms with Crippen LogP contribution in [0.5, 0.6) is 5.75 Å². The molecule has 0 spiro atoms. The highest BCUT2D eigenvalue weighted by molar-refractivity contribution is 6.04. The maximum atomic E-state index is 17.1. The van der Waals surface area contributed by atoms with Crippen molar-refractivity contribution in [2.24, 2.45) is 0 Å². The third-order valence-electron chi connectivity index (χ3n) is 9.08. The summed E-state index contributed by atoms with van der Waals surface area (Å²) in [5.41, 5.74) is 4.70. The van der Waals surface area contributed by atoms with Gasteiger partial charge in [0.1, 0.15) is 12.4 Å². The Labute approximate surface area is 259 Å². The monoisotopic (exact) mass is 607 g/mol. The van der Waals surface area contributed by atoms with Crippen LogP contribution in [0.3, 0.4) is 0 Å². The van der Waals surface area contributed by atoms with Crippen molar-refractivity contribution in [2.75, 3.05) is 24.6 Å². The number of anilines is 1. The van der Waals surface area contributed by atoms with Gasteiger partial charge in [-0.1, -0.05) is 26.5 Å². The molecule has 7 rings (SSSR count). The van der Waals surface area contributed by atoms with Gasteiger partial charge in [-0.2, -0.15) is 10.1 Å². The van der Waals surface area contributed by atoms with Gasteiger partial charge in [-0.15, -0.1) is 0 Å². The summed E-state index contributed by atoms with van der Waals surface area (Å²) in [4.78, 5) is 40.0. The van der Waals surface area contributed by atoms with E-state index in [0.29, 0.717) is 41.1 Å². The van der Waals surface area contributed by atoms with Gasteiger partial charge in [0.15, 0.2) is 11.6 Å². The molecule has 5 heterocycles. The van der Waals surface area contributed by atoms with Gasteiger partial charge >= 0.3 is 5.69 Å². The highest BCUT2D eigenvalue weighted by Crippen LogP contribution is 2.45. The lowest BCUT2D eigenvalue weighted by Gasteiger charge is -2.44. The summed E-state index contributed by atoms with van der Waals surface area (Å²) in [6.07, 6.45) is 4.71. The molecule has 2 aromatic carbocycles. The molecule has 1 fully saturated rings.